The molecule has 0 bridgehead atoms. The van der Waals surface area contributed by atoms with E-state index in [1.54, 1.807) is 6.66 Å². The van der Waals surface area contributed by atoms with Crippen molar-refractivity contribution in [1.82, 2.24) is 0 Å². The van der Waals surface area contributed by atoms with Crippen LogP contribution in [0.2, 0.25) is 0 Å². The minimum atomic E-state index is -2.82. The number of aryl methyl sites for hydroxylation is 2. The van der Waals surface area contributed by atoms with E-state index in [1.165, 1.54) is 16.7 Å². The first-order chi connectivity index (χ1) is 14.7. The zero-order chi connectivity index (χ0) is 22.6. The fraction of sp³-hybridized carbons (Fsp3) is 0.308. The van der Waals surface area contributed by atoms with Crippen LogP contribution in [-0.4, -0.2) is 6.66 Å². The molecular weight excluding hydrogens is 405 g/mol. The zero-order valence-corrected chi connectivity index (χ0v) is 19.8. The lowest BCUT2D eigenvalue weighted by molar-refractivity contribution is 0.486. The second kappa shape index (κ2) is 9.62. The van der Waals surface area contributed by atoms with Crippen molar-refractivity contribution in [3.05, 3.63) is 99.0 Å². The van der Waals surface area contributed by atoms with E-state index >= 15 is 0 Å². The van der Waals surface area contributed by atoms with Crippen molar-refractivity contribution in [2.75, 3.05) is 6.66 Å². The Kier molecular flexibility index (Phi) is 7.12. The summed E-state index contributed by atoms with van der Waals surface area (Å²) in [6, 6.07) is 19.4. The number of para-hydroxylation sites is 1. The Bertz CT molecular complexity index is 1100. The van der Waals surface area contributed by atoms with Crippen molar-refractivity contribution in [2.24, 2.45) is 5.18 Å². The van der Waals surface area contributed by atoms with Gasteiger partial charge in [0.15, 0.2) is 0 Å². The van der Waals surface area contributed by atoms with Crippen molar-refractivity contribution in [3.8, 4) is 5.75 Å². The molecule has 0 aliphatic carbocycles. The first-order valence-electron chi connectivity index (χ1n) is 10.5. The maximum Gasteiger partial charge on any atom is 0.249 e. The lowest BCUT2D eigenvalue weighted by Gasteiger charge is -2.18. The van der Waals surface area contributed by atoms with Crippen LogP contribution in [-0.2, 0) is 17.1 Å². The molecule has 162 valence electrons. The van der Waals surface area contributed by atoms with Gasteiger partial charge in [-0.05, 0) is 82.9 Å². The molecule has 0 saturated heterocycles. The van der Waals surface area contributed by atoms with Gasteiger partial charge in [-0.3, -0.25) is 4.57 Å². The fourth-order valence-corrected chi connectivity index (χ4v) is 5.46. The van der Waals surface area contributed by atoms with Crippen molar-refractivity contribution in [3.63, 3.8) is 0 Å². The third-order valence-electron chi connectivity index (χ3n) is 5.46. The van der Waals surface area contributed by atoms with Crippen LogP contribution in [0.25, 0.3) is 0 Å². The molecule has 0 fully saturated rings. The Morgan fingerprint density at radius 3 is 2.16 bits per heavy atom. The SMILES string of the molecule is Cc1cc(CP(C)(=O)Oc2ccccc2)cc(C)c1Cc1ccc(N=O)c(C(C)C)c1. The van der Waals surface area contributed by atoms with Gasteiger partial charge in [0, 0.05) is 6.66 Å². The molecule has 3 aromatic carbocycles. The highest BCUT2D eigenvalue weighted by atomic mass is 31.2. The average Bonchev–Trinajstić information content (AvgIpc) is 2.70. The maximum atomic E-state index is 13.1. The maximum absolute atomic E-state index is 13.1. The smallest absolute Gasteiger partial charge is 0.249 e. The zero-order valence-electron chi connectivity index (χ0n) is 18.9. The molecule has 0 N–H and O–H groups in total. The fourth-order valence-electron chi connectivity index (χ4n) is 3.99. The van der Waals surface area contributed by atoms with Gasteiger partial charge in [0.2, 0.25) is 7.37 Å². The lowest BCUT2D eigenvalue weighted by Crippen LogP contribution is -2.01. The molecule has 0 radical (unpaired) electrons. The number of benzene rings is 3. The van der Waals surface area contributed by atoms with Gasteiger partial charge in [0.05, 0.1) is 6.16 Å². The highest BCUT2D eigenvalue weighted by molar-refractivity contribution is 7.57. The van der Waals surface area contributed by atoms with E-state index in [9.17, 15) is 9.47 Å². The Morgan fingerprint density at radius 1 is 0.935 bits per heavy atom. The molecule has 0 aliphatic heterocycles. The van der Waals surface area contributed by atoms with Crippen LogP contribution in [0.1, 0.15) is 53.1 Å². The van der Waals surface area contributed by atoms with E-state index in [4.69, 9.17) is 4.52 Å². The average molecular weight is 436 g/mol. The monoisotopic (exact) mass is 435 g/mol. The van der Waals surface area contributed by atoms with Gasteiger partial charge in [0.1, 0.15) is 11.4 Å². The molecular formula is C26H30NO3P. The van der Waals surface area contributed by atoms with E-state index in [1.807, 2.05) is 42.5 Å². The number of nitroso groups, excluding NO2 is 1. The van der Waals surface area contributed by atoms with Crippen LogP contribution in [0.4, 0.5) is 5.69 Å². The van der Waals surface area contributed by atoms with Gasteiger partial charge in [-0.2, -0.15) is 0 Å². The Hall–Kier alpha value is -2.71. The molecule has 0 saturated carbocycles. The molecule has 1 atom stereocenters. The van der Waals surface area contributed by atoms with Gasteiger partial charge in [-0.1, -0.05) is 56.3 Å². The lowest BCUT2D eigenvalue weighted by atomic mass is 9.91. The summed E-state index contributed by atoms with van der Waals surface area (Å²) in [5.74, 6) is 0.869. The molecule has 0 spiro atoms. The van der Waals surface area contributed by atoms with E-state index in [2.05, 4.69) is 51.1 Å². The summed E-state index contributed by atoms with van der Waals surface area (Å²) in [5.41, 5.74) is 7.24. The summed E-state index contributed by atoms with van der Waals surface area (Å²) >= 11 is 0. The predicted molar refractivity (Wildman–Crippen MR) is 129 cm³/mol. The highest BCUT2D eigenvalue weighted by Gasteiger charge is 2.20. The molecule has 4 nitrogen and oxygen atoms in total. The van der Waals surface area contributed by atoms with Crippen molar-refractivity contribution in [2.45, 2.75) is 46.2 Å². The molecule has 3 rings (SSSR count). The third-order valence-corrected chi connectivity index (χ3v) is 7.00. The molecule has 3 aromatic rings. The van der Waals surface area contributed by atoms with Gasteiger partial charge in [-0.15, -0.1) is 4.91 Å². The second-order valence-corrected chi connectivity index (χ2v) is 11.1. The van der Waals surface area contributed by atoms with Gasteiger partial charge in [-0.25, -0.2) is 0 Å². The second-order valence-electron chi connectivity index (χ2n) is 8.60. The number of rotatable bonds is 8. The van der Waals surface area contributed by atoms with Gasteiger partial charge in [0.25, 0.3) is 0 Å². The quantitative estimate of drug-likeness (QED) is 0.267. The van der Waals surface area contributed by atoms with E-state index < -0.39 is 7.37 Å². The summed E-state index contributed by atoms with van der Waals surface area (Å²) in [7, 11) is -2.82. The van der Waals surface area contributed by atoms with Crippen molar-refractivity contribution < 1.29 is 9.09 Å². The first kappa shape index (κ1) is 23.0. The third kappa shape index (κ3) is 5.92. The van der Waals surface area contributed by atoms with Crippen LogP contribution < -0.4 is 4.52 Å². The molecule has 1 unspecified atom stereocenters. The van der Waals surface area contributed by atoms with Crippen LogP contribution in [0.15, 0.2) is 65.8 Å². The topological polar surface area (TPSA) is 55.7 Å². The predicted octanol–water partition coefficient (Wildman–Crippen LogP) is 7.90. The van der Waals surface area contributed by atoms with Crippen LogP contribution in [0, 0.1) is 18.8 Å². The highest BCUT2D eigenvalue weighted by Crippen LogP contribution is 2.47. The summed E-state index contributed by atoms with van der Waals surface area (Å²) in [4.78, 5) is 11.1. The molecule has 0 aromatic heterocycles. The number of hydrogen-bond acceptors (Lipinski definition) is 4. The first-order valence-corrected chi connectivity index (χ1v) is 12.8. The molecule has 0 heterocycles. The minimum Gasteiger partial charge on any atom is -0.443 e. The summed E-state index contributed by atoms with van der Waals surface area (Å²) < 4.78 is 18.8. The number of hydrogen-bond donors (Lipinski definition) is 0. The van der Waals surface area contributed by atoms with Crippen molar-refractivity contribution in [1.29, 1.82) is 0 Å². The van der Waals surface area contributed by atoms with Gasteiger partial charge < -0.3 is 4.52 Å². The summed E-state index contributed by atoms with van der Waals surface area (Å²) in [5, 5.41) is 3.16. The molecule has 0 aliphatic rings. The van der Waals surface area contributed by atoms with Crippen LogP contribution in [0.5, 0.6) is 5.75 Å². The van der Waals surface area contributed by atoms with Gasteiger partial charge >= 0.3 is 0 Å². The molecule has 5 heteroatoms. The minimum absolute atomic E-state index is 0.237. The Labute approximate surface area is 185 Å². The van der Waals surface area contributed by atoms with Crippen LogP contribution in [0.3, 0.4) is 0 Å². The van der Waals surface area contributed by atoms with Crippen molar-refractivity contribution >= 4 is 13.1 Å². The van der Waals surface area contributed by atoms with E-state index in [0.717, 1.165) is 23.1 Å². The summed E-state index contributed by atoms with van der Waals surface area (Å²) in [6.07, 6.45) is 1.17. The number of nitrogens with zero attached hydrogens (tertiary/aromatic N) is 1. The Balaban J connectivity index is 1.81. The molecule has 31 heavy (non-hydrogen) atoms. The Morgan fingerprint density at radius 2 is 1.58 bits per heavy atom. The molecule has 0 amide bonds. The standard InChI is InChI=1S/C26H30NO3P/c1-18(2)24-15-21(11-12-26(24)27-28)16-25-19(3)13-22(14-20(25)4)17-31(5,29)30-23-9-7-6-8-10-23/h6-15,18H,16-17H2,1-5H3. The summed E-state index contributed by atoms with van der Waals surface area (Å²) in [6.45, 7) is 10.0. The van der Waals surface area contributed by atoms with E-state index in [0.29, 0.717) is 17.6 Å². The largest absolute Gasteiger partial charge is 0.443 e. The van der Waals surface area contributed by atoms with E-state index in [-0.39, 0.29) is 5.92 Å². The van der Waals surface area contributed by atoms with Crippen LogP contribution >= 0.6 is 7.37 Å². The normalized spacial score (nSPS) is 13.1.